The van der Waals surface area contributed by atoms with Gasteiger partial charge in [0.1, 0.15) is 0 Å². The lowest BCUT2D eigenvalue weighted by Gasteiger charge is -2.34. The summed E-state index contributed by atoms with van der Waals surface area (Å²) in [7, 11) is 0. The monoisotopic (exact) mass is 654 g/mol. The highest BCUT2D eigenvalue weighted by molar-refractivity contribution is 7.26. The van der Waals surface area contributed by atoms with Crippen molar-refractivity contribution >= 4 is 31.6 Å². The fourth-order valence-electron chi connectivity index (χ4n) is 8.03. The van der Waals surface area contributed by atoms with Gasteiger partial charge in [-0.3, -0.25) is 0 Å². The predicted octanol–water partition coefficient (Wildman–Crippen LogP) is 12.2. The zero-order chi connectivity index (χ0) is 33.1. The zero-order valence-electron chi connectivity index (χ0n) is 27.1. The summed E-state index contributed by atoms with van der Waals surface area (Å²) in [6, 6.07) is 65.5. The van der Waals surface area contributed by atoms with E-state index in [1.165, 1.54) is 38.1 Å². The number of benzene rings is 7. The van der Waals surface area contributed by atoms with Gasteiger partial charge < -0.3 is 0 Å². The molecule has 2 aromatic heterocycles. The first-order valence-electron chi connectivity index (χ1n) is 17.0. The molecular formula is C47H30N2S. The quantitative estimate of drug-likeness (QED) is 0.185. The van der Waals surface area contributed by atoms with Crippen molar-refractivity contribution < 1.29 is 0 Å². The number of fused-ring (bicyclic) bond motifs is 6. The third-order valence-electron chi connectivity index (χ3n) is 10.2. The lowest BCUT2D eigenvalue weighted by Crippen LogP contribution is -2.28. The van der Waals surface area contributed by atoms with E-state index >= 15 is 0 Å². The summed E-state index contributed by atoms with van der Waals surface area (Å²) in [5.41, 5.74) is 13.3. The summed E-state index contributed by atoms with van der Waals surface area (Å²) in [5.74, 6) is 0.729. The van der Waals surface area contributed by atoms with E-state index in [9.17, 15) is 0 Å². The second-order valence-electron chi connectivity index (χ2n) is 12.9. The first-order valence-corrected chi connectivity index (χ1v) is 17.8. The van der Waals surface area contributed by atoms with Gasteiger partial charge >= 0.3 is 0 Å². The van der Waals surface area contributed by atoms with E-state index in [0.717, 1.165) is 49.4 Å². The van der Waals surface area contributed by atoms with Crippen molar-refractivity contribution in [2.45, 2.75) is 5.41 Å². The highest BCUT2D eigenvalue weighted by Gasteiger charge is 2.46. The number of rotatable bonds is 5. The molecule has 3 heteroatoms. The summed E-state index contributed by atoms with van der Waals surface area (Å²) >= 11 is 1.77. The maximum absolute atomic E-state index is 5.49. The topological polar surface area (TPSA) is 25.8 Å². The summed E-state index contributed by atoms with van der Waals surface area (Å²) in [6.07, 6.45) is 0. The van der Waals surface area contributed by atoms with Gasteiger partial charge in [-0.05, 0) is 62.7 Å². The highest BCUT2D eigenvalue weighted by Crippen LogP contribution is 2.58. The van der Waals surface area contributed by atoms with Crippen LogP contribution in [-0.2, 0) is 5.41 Å². The Morgan fingerprint density at radius 2 is 1.00 bits per heavy atom. The molecule has 0 saturated heterocycles. The summed E-state index contributed by atoms with van der Waals surface area (Å²) in [6.45, 7) is 0. The number of nitrogens with zero attached hydrogens (tertiary/aromatic N) is 2. The molecule has 0 amide bonds. The number of thiophene rings is 1. The minimum Gasteiger partial charge on any atom is -0.226 e. The van der Waals surface area contributed by atoms with Crippen LogP contribution in [0.4, 0.5) is 0 Å². The first kappa shape index (κ1) is 28.8. The molecule has 0 bridgehead atoms. The third kappa shape index (κ3) is 4.27. The van der Waals surface area contributed by atoms with Gasteiger partial charge in [0.05, 0.1) is 21.3 Å². The van der Waals surface area contributed by atoms with Crippen LogP contribution in [0.1, 0.15) is 22.3 Å². The molecule has 1 aliphatic rings. The Kier molecular flexibility index (Phi) is 6.61. The van der Waals surface area contributed by atoms with Gasteiger partial charge in [0.15, 0.2) is 5.82 Å². The van der Waals surface area contributed by atoms with E-state index in [1.807, 2.05) is 0 Å². The molecular weight excluding hydrogens is 625 g/mol. The van der Waals surface area contributed by atoms with Crippen LogP contribution in [0.15, 0.2) is 182 Å². The Morgan fingerprint density at radius 1 is 0.420 bits per heavy atom. The fourth-order valence-corrected chi connectivity index (χ4v) is 9.19. The molecule has 2 heterocycles. The van der Waals surface area contributed by atoms with Crippen molar-refractivity contribution in [1.82, 2.24) is 9.97 Å². The fraction of sp³-hybridized carbons (Fsp3) is 0.0213. The van der Waals surface area contributed by atoms with Crippen molar-refractivity contribution in [3.05, 3.63) is 204 Å². The maximum Gasteiger partial charge on any atom is 0.161 e. The summed E-state index contributed by atoms with van der Waals surface area (Å²) < 4.78 is 2.32. The molecule has 10 rings (SSSR count). The molecule has 0 fully saturated rings. The largest absolute Gasteiger partial charge is 0.226 e. The van der Waals surface area contributed by atoms with Gasteiger partial charge in [-0.1, -0.05) is 164 Å². The van der Waals surface area contributed by atoms with Crippen LogP contribution in [0, 0.1) is 0 Å². The smallest absolute Gasteiger partial charge is 0.161 e. The minimum atomic E-state index is -0.528. The lowest BCUT2D eigenvalue weighted by molar-refractivity contribution is 0.768. The molecule has 1 aliphatic carbocycles. The summed E-state index contributed by atoms with van der Waals surface area (Å²) in [5, 5.41) is 1.16. The molecule has 0 radical (unpaired) electrons. The Bertz CT molecular complexity index is 2640. The van der Waals surface area contributed by atoms with Crippen molar-refractivity contribution in [2.75, 3.05) is 0 Å². The van der Waals surface area contributed by atoms with Gasteiger partial charge in [0.2, 0.25) is 0 Å². The predicted molar refractivity (Wildman–Crippen MR) is 209 cm³/mol. The van der Waals surface area contributed by atoms with E-state index in [1.54, 1.807) is 11.3 Å². The molecule has 7 aromatic carbocycles. The van der Waals surface area contributed by atoms with Crippen LogP contribution in [0.3, 0.4) is 0 Å². The Labute approximate surface area is 295 Å². The van der Waals surface area contributed by atoms with Gasteiger partial charge in [-0.2, -0.15) is 0 Å². The summed E-state index contributed by atoms with van der Waals surface area (Å²) in [4.78, 5) is 11.0. The second-order valence-corrected chi connectivity index (χ2v) is 13.9. The maximum atomic E-state index is 5.49. The van der Waals surface area contributed by atoms with E-state index in [4.69, 9.17) is 9.97 Å². The Morgan fingerprint density at radius 3 is 1.70 bits per heavy atom. The third-order valence-corrected chi connectivity index (χ3v) is 11.4. The molecule has 0 aliphatic heterocycles. The van der Waals surface area contributed by atoms with Gasteiger partial charge in [0.25, 0.3) is 0 Å². The van der Waals surface area contributed by atoms with E-state index in [2.05, 4.69) is 182 Å². The molecule has 0 spiro atoms. The molecule has 50 heavy (non-hydrogen) atoms. The van der Waals surface area contributed by atoms with Crippen LogP contribution in [0.5, 0.6) is 0 Å². The standard InChI is InChI=1S/C47H30N2S/c1-5-17-31(18-6-1)37-29-38-35-25-13-15-27-40(35)47(33-21-9-3-10-22-33,34-23-11-4-12-24-34)41(38)30-39(37)46-48-43(32-19-7-2-8-20-32)45-44(49-46)36-26-14-16-28-42(36)50-45/h1-30H. The van der Waals surface area contributed by atoms with Crippen molar-refractivity contribution in [3.63, 3.8) is 0 Å². The van der Waals surface area contributed by atoms with Gasteiger partial charge in [-0.25, -0.2) is 9.97 Å². The van der Waals surface area contributed by atoms with Crippen LogP contribution >= 0.6 is 11.3 Å². The van der Waals surface area contributed by atoms with E-state index in [0.29, 0.717) is 0 Å². The first-order chi connectivity index (χ1) is 24.8. The van der Waals surface area contributed by atoms with Crippen molar-refractivity contribution in [3.8, 4) is 44.9 Å². The average Bonchev–Trinajstić information content (AvgIpc) is 3.72. The van der Waals surface area contributed by atoms with Crippen LogP contribution in [0.25, 0.3) is 65.2 Å². The van der Waals surface area contributed by atoms with Crippen molar-refractivity contribution in [2.24, 2.45) is 0 Å². The number of hydrogen-bond donors (Lipinski definition) is 0. The molecule has 234 valence electrons. The number of hydrogen-bond acceptors (Lipinski definition) is 3. The average molecular weight is 655 g/mol. The normalized spacial score (nSPS) is 13.0. The minimum absolute atomic E-state index is 0.528. The van der Waals surface area contributed by atoms with Crippen molar-refractivity contribution in [1.29, 1.82) is 0 Å². The highest BCUT2D eigenvalue weighted by atomic mass is 32.1. The second kappa shape index (κ2) is 11.5. The number of aromatic nitrogens is 2. The van der Waals surface area contributed by atoms with Gasteiger partial charge in [0, 0.05) is 21.2 Å². The van der Waals surface area contributed by atoms with Gasteiger partial charge in [-0.15, -0.1) is 11.3 Å². The molecule has 0 N–H and O–H groups in total. The molecule has 0 atom stereocenters. The lowest BCUT2D eigenvalue weighted by atomic mass is 9.67. The molecule has 0 saturated carbocycles. The van der Waals surface area contributed by atoms with Crippen LogP contribution < -0.4 is 0 Å². The molecule has 2 nitrogen and oxygen atoms in total. The Hall–Kier alpha value is -6.16. The SMILES string of the molecule is c1ccc(-c2cc3c(cc2-c2nc(-c4ccccc4)c4sc5ccccc5c4n2)C(c2ccccc2)(c2ccccc2)c2ccccc2-3)cc1. The van der Waals surface area contributed by atoms with E-state index in [-0.39, 0.29) is 0 Å². The van der Waals surface area contributed by atoms with Crippen LogP contribution in [-0.4, -0.2) is 9.97 Å². The molecule has 0 unspecified atom stereocenters. The molecule has 9 aromatic rings. The van der Waals surface area contributed by atoms with Crippen LogP contribution in [0.2, 0.25) is 0 Å². The Balaban J connectivity index is 1.36. The zero-order valence-corrected chi connectivity index (χ0v) is 27.9. The van der Waals surface area contributed by atoms with E-state index < -0.39 is 5.41 Å².